The number of nitrogens with zero attached hydrogens (tertiary/aromatic N) is 1. The number of benzene rings is 1. The smallest absolute Gasteiger partial charge is 0.353 e. The Kier molecular flexibility index (Phi) is 2.45. The molecule has 1 aliphatic heterocycles. The van der Waals surface area contributed by atoms with Crippen LogP contribution in [0.25, 0.3) is 0 Å². The number of esters is 1. The zero-order chi connectivity index (χ0) is 12.8. The number of carbonyl (C=O) groups excluding carboxylic acids is 1. The Morgan fingerprint density at radius 2 is 2.50 bits per heavy atom. The Hall–Kier alpha value is -1.75. The first-order chi connectivity index (χ1) is 8.67. The highest BCUT2D eigenvalue weighted by Crippen LogP contribution is 2.44. The van der Waals surface area contributed by atoms with Gasteiger partial charge in [0, 0.05) is 11.4 Å². The fourth-order valence-corrected chi connectivity index (χ4v) is 2.76. The second-order valence-electron chi connectivity index (χ2n) is 4.32. The van der Waals surface area contributed by atoms with Crippen LogP contribution in [0.2, 0.25) is 5.02 Å². The van der Waals surface area contributed by atoms with Gasteiger partial charge in [0.25, 0.3) is 0 Å². The maximum atomic E-state index is 12.0. The van der Waals surface area contributed by atoms with Gasteiger partial charge in [0.1, 0.15) is 6.04 Å². The molecule has 1 N–H and O–H groups in total. The van der Waals surface area contributed by atoms with Crippen molar-refractivity contribution in [3.8, 4) is 0 Å². The van der Waals surface area contributed by atoms with Crippen LogP contribution in [-0.2, 0) is 20.7 Å². The summed E-state index contributed by atoms with van der Waals surface area (Å²) in [6.45, 7) is 0. The quantitative estimate of drug-likeness (QED) is 0.781. The van der Waals surface area contributed by atoms with Gasteiger partial charge in [-0.3, -0.25) is 5.43 Å². The van der Waals surface area contributed by atoms with Crippen LogP contribution in [0.3, 0.4) is 0 Å². The predicted octanol–water partition coefficient (Wildman–Crippen LogP) is 1.41. The lowest BCUT2D eigenvalue weighted by Gasteiger charge is -2.33. The molecule has 2 atom stereocenters. The number of hydrogen-bond acceptors (Lipinski definition) is 5. The molecule has 2 unspecified atom stereocenters. The van der Waals surface area contributed by atoms with Crippen molar-refractivity contribution < 1.29 is 14.3 Å². The molecule has 94 valence electrons. The number of rotatable bonds is 1. The third-order valence-electron chi connectivity index (χ3n) is 3.39. The minimum absolute atomic E-state index is 0.345. The van der Waals surface area contributed by atoms with E-state index in [2.05, 4.69) is 10.5 Å². The number of hydrogen-bond donors (Lipinski definition) is 1. The van der Waals surface area contributed by atoms with Crippen molar-refractivity contribution in [3.63, 3.8) is 0 Å². The summed E-state index contributed by atoms with van der Waals surface area (Å²) in [7, 11) is 1.35. The molecule has 0 amide bonds. The van der Waals surface area contributed by atoms with Gasteiger partial charge >= 0.3 is 5.97 Å². The van der Waals surface area contributed by atoms with E-state index in [0.29, 0.717) is 11.4 Å². The molecule has 6 heteroatoms. The normalized spacial score (nSPS) is 27.8. The van der Waals surface area contributed by atoms with Crippen molar-refractivity contribution in [2.75, 3.05) is 7.11 Å². The van der Waals surface area contributed by atoms with E-state index in [9.17, 15) is 4.79 Å². The SMILES string of the molecule is COC(=O)C12Cc3cc(Cl)ccc3C1NN=CO2. The molecule has 1 heterocycles. The van der Waals surface area contributed by atoms with Gasteiger partial charge in [0.05, 0.1) is 7.11 Å². The number of nitrogens with one attached hydrogen (secondary N) is 1. The lowest BCUT2D eigenvalue weighted by Crippen LogP contribution is -2.52. The summed E-state index contributed by atoms with van der Waals surface area (Å²) in [6.07, 6.45) is 1.65. The van der Waals surface area contributed by atoms with E-state index in [1.54, 1.807) is 6.07 Å². The van der Waals surface area contributed by atoms with Crippen molar-refractivity contribution >= 4 is 24.0 Å². The molecule has 18 heavy (non-hydrogen) atoms. The van der Waals surface area contributed by atoms with E-state index in [4.69, 9.17) is 21.1 Å². The fraction of sp³-hybridized carbons (Fsp3) is 0.333. The van der Waals surface area contributed by atoms with Gasteiger partial charge < -0.3 is 9.47 Å². The summed E-state index contributed by atoms with van der Waals surface area (Å²) in [4.78, 5) is 12.0. The molecule has 0 aromatic heterocycles. The molecule has 1 aliphatic carbocycles. The molecule has 0 bridgehead atoms. The molecule has 0 spiro atoms. The number of methoxy groups -OCH3 is 1. The number of carbonyl (C=O) groups is 1. The highest BCUT2D eigenvalue weighted by Gasteiger charge is 2.56. The van der Waals surface area contributed by atoms with Gasteiger partial charge in [-0.2, -0.15) is 0 Å². The average molecular weight is 267 g/mol. The van der Waals surface area contributed by atoms with Crippen LogP contribution < -0.4 is 5.43 Å². The van der Waals surface area contributed by atoms with Crippen LogP contribution in [-0.4, -0.2) is 25.1 Å². The van der Waals surface area contributed by atoms with Crippen LogP contribution in [0.4, 0.5) is 0 Å². The molecule has 3 rings (SSSR count). The number of ether oxygens (including phenoxy) is 2. The summed E-state index contributed by atoms with van der Waals surface area (Å²) >= 11 is 5.97. The lowest BCUT2D eigenvalue weighted by atomic mass is 9.95. The molecule has 5 nitrogen and oxygen atoms in total. The molecule has 0 saturated carbocycles. The first-order valence-electron chi connectivity index (χ1n) is 5.49. The highest BCUT2D eigenvalue weighted by molar-refractivity contribution is 6.30. The predicted molar refractivity (Wildman–Crippen MR) is 65.4 cm³/mol. The largest absolute Gasteiger partial charge is 0.466 e. The first-order valence-corrected chi connectivity index (χ1v) is 5.87. The molecule has 0 saturated heterocycles. The topological polar surface area (TPSA) is 59.9 Å². The van der Waals surface area contributed by atoms with Crippen molar-refractivity contribution in [1.82, 2.24) is 5.43 Å². The van der Waals surface area contributed by atoms with Gasteiger partial charge in [-0.1, -0.05) is 17.7 Å². The van der Waals surface area contributed by atoms with Crippen LogP contribution in [0.1, 0.15) is 17.2 Å². The van der Waals surface area contributed by atoms with Crippen molar-refractivity contribution in [3.05, 3.63) is 34.3 Å². The van der Waals surface area contributed by atoms with E-state index in [1.165, 1.54) is 13.5 Å². The first kappa shape index (κ1) is 11.3. The standard InChI is InChI=1S/C12H11ClN2O3/c1-17-11(16)12-5-7-4-8(13)2-3-9(7)10(12)15-14-6-18-12/h2-4,6,10,15H,5H2,1H3. The van der Waals surface area contributed by atoms with Gasteiger partial charge in [0.15, 0.2) is 6.40 Å². The second-order valence-corrected chi connectivity index (χ2v) is 4.75. The molecule has 0 radical (unpaired) electrons. The van der Waals surface area contributed by atoms with Crippen LogP contribution in [0, 0.1) is 0 Å². The summed E-state index contributed by atoms with van der Waals surface area (Å²) in [5.74, 6) is -0.418. The maximum absolute atomic E-state index is 12.0. The van der Waals surface area contributed by atoms with Gasteiger partial charge in [0.2, 0.25) is 5.60 Å². The third-order valence-corrected chi connectivity index (χ3v) is 3.62. The fourth-order valence-electron chi connectivity index (χ4n) is 2.56. The van der Waals surface area contributed by atoms with Crippen LogP contribution in [0.15, 0.2) is 23.3 Å². The molecule has 0 fully saturated rings. The van der Waals surface area contributed by atoms with Gasteiger partial charge in [-0.15, -0.1) is 5.10 Å². The minimum Gasteiger partial charge on any atom is -0.466 e. The number of halogens is 1. The Bertz CT molecular complexity index is 546. The summed E-state index contributed by atoms with van der Waals surface area (Å²) in [5, 5.41) is 4.50. The average Bonchev–Trinajstić information content (AvgIpc) is 2.72. The Balaban J connectivity index is 2.11. The van der Waals surface area contributed by atoms with Crippen LogP contribution in [0.5, 0.6) is 0 Å². The zero-order valence-corrected chi connectivity index (χ0v) is 10.4. The highest BCUT2D eigenvalue weighted by atomic mass is 35.5. The Labute approximate surface area is 109 Å². The van der Waals surface area contributed by atoms with Crippen molar-refractivity contribution in [1.29, 1.82) is 0 Å². The van der Waals surface area contributed by atoms with E-state index in [0.717, 1.165) is 11.1 Å². The van der Waals surface area contributed by atoms with Gasteiger partial charge in [-0.05, 0) is 23.3 Å². The lowest BCUT2D eigenvalue weighted by molar-refractivity contribution is -0.163. The molecule has 1 aromatic rings. The molecular weight excluding hydrogens is 256 g/mol. The molecule has 1 aromatic carbocycles. The van der Waals surface area contributed by atoms with Crippen molar-refractivity contribution in [2.24, 2.45) is 5.10 Å². The van der Waals surface area contributed by atoms with Gasteiger partial charge in [-0.25, -0.2) is 4.79 Å². The summed E-state index contributed by atoms with van der Waals surface area (Å²) in [6, 6.07) is 5.16. The van der Waals surface area contributed by atoms with E-state index < -0.39 is 11.6 Å². The van der Waals surface area contributed by atoms with Crippen molar-refractivity contribution in [2.45, 2.75) is 18.1 Å². The third kappa shape index (κ3) is 1.40. The molecule has 2 aliphatic rings. The number of fused-ring (bicyclic) bond motifs is 3. The Morgan fingerprint density at radius 3 is 3.28 bits per heavy atom. The van der Waals surface area contributed by atoms with E-state index in [-0.39, 0.29) is 6.04 Å². The van der Waals surface area contributed by atoms with E-state index in [1.807, 2.05) is 12.1 Å². The molecular formula is C12H11ClN2O3. The zero-order valence-electron chi connectivity index (χ0n) is 9.64. The maximum Gasteiger partial charge on any atom is 0.353 e. The summed E-state index contributed by atoms with van der Waals surface area (Å²) in [5.41, 5.74) is 3.76. The second kappa shape index (κ2) is 3.88. The monoisotopic (exact) mass is 266 g/mol. The minimum atomic E-state index is -1.08. The number of hydrazone groups is 1. The summed E-state index contributed by atoms with van der Waals surface area (Å²) < 4.78 is 10.3. The Morgan fingerprint density at radius 1 is 1.67 bits per heavy atom. The van der Waals surface area contributed by atoms with Crippen LogP contribution >= 0.6 is 11.6 Å². The van der Waals surface area contributed by atoms with E-state index >= 15 is 0 Å².